The standard InChI is InChI=1S/C12H11ClF3N3/c1-12(2,3)10-17-18-11(13)19(10)8-5-6(14)4-7(15)9(8)16/h4-5H,1-3H3. The second kappa shape index (κ2) is 4.52. The highest BCUT2D eigenvalue weighted by molar-refractivity contribution is 6.28. The van der Waals surface area contributed by atoms with Crippen molar-refractivity contribution in [2.24, 2.45) is 0 Å². The molecule has 0 saturated heterocycles. The van der Waals surface area contributed by atoms with Crippen LogP contribution in [0.3, 0.4) is 0 Å². The van der Waals surface area contributed by atoms with Crippen LogP contribution < -0.4 is 0 Å². The zero-order valence-electron chi connectivity index (χ0n) is 10.5. The van der Waals surface area contributed by atoms with Crippen LogP contribution in [0.5, 0.6) is 0 Å². The molecule has 0 aliphatic rings. The van der Waals surface area contributed by atoms with E-state index >= 15 is 0 Å². The van der Waals surface area contributed by atoms with E-state index in [4.69, 9.17) is 11.6 Å². The monoisotopic (exact) mass is 289 g/mol. The van der Waals surface area contributed by atoms with Gasteiger partial charge in [0.15, 0.2) is 11.6 Å². The van der Waals surface area contributed by atoms with Gasteiger partial charge in [-0.05, 0) is 11.6 Å². The van der Waals surface area contributed by atoms with Gasteiger partial charge in [0.1, 0.15) is 11.6 Å². The van der Waals surface area contributed by atoms with Crippen molar-refractivity contribution in [3.63, 3.8) is 0 Å². The van der Waals surface area contributed by atoms with Gasteiger partial charge in [-0.15, -0.1) is 10.2 Å². The lowest BCUT2D eigenvalue weighted by Crippen LogP contribution is -2.19. The summed E-state index contributed by atoms with van der Waals surface area (Å²) in [5.41, 5.74) is -0.868. The summed E-state index contributed by atoms with van der Waals surface area (Å²) in [5.74, 6) is -3.09. The van der Waals surface area contributed by atoms with Crippen LogP contribution >= 0.6 is 11.6 Å². The normalized spacial score (nSPS) is 11.9. The van der Waals surface area contributed by atoms with E-state index in [2.05, 4.69) is 10.2 Å². The fourth-order valence-electron chi connectivity index (χ4n) is 1.67. The van der Waals surface area contributed by atoms with E-state index in [0.717, 1.165) is 10.6 Å². The Morgan fingerprint density at radius 3 is 2.32 bits per heavy atom. The molecule has 0 fully saturated rings. The van der Waals surface area contributed by atoms with Crippen LogP contribution in [0.4, 0.5) is 13.2 Å². The molecule has 19 heavy (non-hydrogen) atoms. The molecule has 1 heterocycles. The SMILES string of the molecule is CC(C)(C)c1nnc(Cl)n1-c1cc(F)cc(F)c1F. The summed E-state index contributed by atoms with van der Waals surface area (Å²) in [7, 11) is 0. The molecule has 1 aromatic heterocycles. The van der Waals surface area contributed by atoms with Gasteiger partial charge in [-0.1, -0.05) is 20.8 Å². The fraction of sp³-hybridized carbons (Fsp3) is 0.333. The van der Waals surface area contributed by atoms with Gasteiger partial charge in [0.2, 0.25) is 5.28 Å². The van der Waals surface area contributed by atoms with E-state index in [0.29, 0.717) is 11.9 Å². The maximum absolute atomic E-state index is 13.8. The van der Waals surface area contributed by atoms with E-state index in [1.807, 2.05) is 0 Å². The van der Waals surface area contributed by atoms with Crippen LogP contribution in [-0.4, -0.2) is 14.8 Å². The number of benzene rings is 1. The van der Waals surface area contributed by atoms with Gasteiger partial charge in [-0.3, -0.25) is 4.57 Å². The molecule has 0 aliphatic carbocycles. The Bertz CT molecular complexity index is 632. The molecule has 1 aromatic carbocycles. The number of hydrogen-bond donors (Lipinski definition) is 0. The molecule has 0 amide bonds. The predicted molar refractivity (Wildman–Crippen MR) is 64.9 cm³/mol. The minimum Gasteiger partial charge on any atom is -0.266 e. The highest BCUT2D eigenvalue weighted by Gasteiger charge is 2.26. The van der Waals surface area contributed by atoms with Crippen LogP contribution in [0.2, 0.25) is 5.28 Å². The lowest BCUT2D eigenvalue weighted by atomic mass is 9.95. The number of halogens is 4. The van der Waals surface area contributed by atoms with Crippen molar-refractivity contribution in [1.29, 1.82) is 0 Å². The summed E-state index contributed by atoms with van der Waals surface area (Å²) >= 11 is 5.84. The smallest absolute Gasteiger partial charge is 0.229 e. The van der Waals surface area contributed by atoms with Gasteiger partial charge >= 0.3 is 0 Å². The Morgan fingerprint density at radius 1 is 1.11 bits per heavy atom. The van der Waals surface area contributed by atoms with E-state index in [-0.39, 0.29) is 11.0 Å². The quantitative estimate of drug-likeness (QED) is 0.751. The molecule has 0 spiro atoms. The molecule has 0 atom stereocenters. The largest absolute Gasteiger partial charge is 0.266 e. The zero-order chi connectivity index (χ0) is 14.4. The predicted octanol–water partition coefficient (Wildman–Crippen LogP) is 3.64. The Kier molecular flexibility index (Phi) is 3.30. The Labute approximate surface area is 113 Å². The second-order valence-corrected chi connectivity index (χ2v) is 5.44. The highest BCUT2D eigenvalue weighted by Crippen LogP contribution is 2.29. The van der Waals surface area contributed by atoms with Crippen LogP contribution in [-0.2, 0) is 5.41 Å². The van der Waals surface area contributed by atoms with E-state index in [9.17, 15) is 13.2 Å². The van der Waals surface area contributed by atoms with E-state index in [1.54, 1.807) is 20.8 Å². The first-order valence-corrected chi connectivity index (χ1v) is 5.86. The average molecular weight is 290 g/mol. The van der Waals surface area contributed by atoms with Crippen molar-refractivity contribution in [2.75, 3.05) is 0 Å². The lowest BCUT2D eigenvalue weighted by molar-refractivity contribution is 0.482. The van der Waals surface area contributed by atoms with Crippen LogP contribution in [0.15, 0.2) is 12.1 Å². The molecule has 0 radical (unpaired) electrons. The molecule has 0 unspecified atom stereocenters. The van der Waals surface area contributed by atoms with Gasteiger partial charge in [0.05, 0.1) is 5.69 Å². The number of rotatable bonds is 1. The molecular formula is C12H11ClF3N3. The Morgan fingerprint density at radius 2 is 1.74 bits per heavy atom. The van der Waals surface area contributed by atoms with Crippen molar-refractivity contribution in [3.8, 4) is 5.69 Å². The summed E-state index contributed by atoms with van der Waals surface area (Å²) in [6.45, 7) is 5.41. The van der Waals surface area contributed by atoms with Crippen molar-refractivity contribution in [1.82, 2.24) is 14.8 Å². The Balaban J connectivity index is 2.76. The molecule has 2 rings (SSSR count). The first-order chi connectivity index (χ1) is 8.71. The number of aromatic nitrogens is 3. The molecule has 0 aliphatic heterocycles. The Hall–Kier alpha value is -1.56. The minimum absolute atomic E-state index is 0.158. The second-order valence-electron chi connectivity index (χ2n) is 5.10. The van der Waals surface area contributed by atoms with E-state index in [1.165, 1.54) is 0 Å². The summed E-state index contributed by atoms with van der Waals surface area (Å²) in [5, 5.41) is 7.30. The van der Waals surface area contributed by atoms with Gasteiger partial charge in [0.25, 0.3) is 0 Å². The summed E-state index contributed by atoms with van der Waals surface area (Å²) in [6, 6.07) is 1.32. The summed E-state index contributed by atoms with van der Waals surface area (Å²) in [4.78, 5) is 0. The molecule has 3 nitrogen and oxygen atoms in total. The third-order valence-electron chi connectivity index (χ3n) is 2.51. The van der Waals surface area contributed by atoms with Gasteiger partial charge < -0.3 is 0 Å². The number of nitrogens with zero attached hydrogens (tertiary/aromatic N) is 3. The van der Waals surface area contributed by atoms with Crippen LogP contribution in [0.1, 0.15) is 26.6 Å². The summed E-state index contributed by atoms with van der Waals surface area (Å²) < 4.78 is 41.5. The van der Waals surface area contributed by atoms with Crippen molar-refractivity contribution in [2.45, 2.75) is 26.2 Å². The maximum Gasteiger partial charge on any atom is 0.229 e. The first kappa shape index (κ1) is 13.9. The fourth-order valence-corrected chi connectivity index (χ4v) is 1.88. The number of hydrogen-bond acceptors (Lipinski definition) is 2. The zero-order valence-corrected chi connectivity index (χ0v) is 11.3. The lowest BCUT2D eigenvalue weighted by Gasteiger charge is -2.19. The maximum atomic E-state index is 13.8. The molecule has 0 saturated carbocycles. The molecule has 102 valence electrons. The molecule has 2 aromatic rings. The van der Waals surface area contributed by atoms with Crippen LogP contribution in [0.25, 0.3) is 5.69 Å². The van der Waals surface area contributed by atoms with Crippen molar-refractivity contribution < 1.29 is 13.2 Å². The van der Waals surface area contributed by atoms with Crippen molar-refractivity contribution in [3.05, 3.63) is 40.7 Å². The van der Waals surface area contributed by atoms with E-state index < -0.39 is 22.9 Å². The molecule has 7 heteroatoms. The molecular weight excluding hydrogens is 279 g/mol. The average Bonchev–Trinajstić information content (AvgIpc) is 2.65. The van der Waals surface area contributed by atoms with Gasteiger partial charge in [-0.25, -0.2) is 13.2 Å². The first-order valence-electron chi connectivity index (χ1n) is 5.48. The van der Waals surface area contributed by atoms with Crippen LogP contribution in [0, 0.1) is 17.5 Å². The third kappa shape index (κ3) is 2.45. The minimum atomic E-state index is -1.29. The third-order valence-corrected chi connectivity index (χ3v) is 2.75. The topological polar surface area (TPSA) is 30.7 Å². The highest BCUT2D eigenvalue weighted by atomic mass is 35.5. The summed E-state index contributed by atoms with van der Waals surface area (Å²) in [6.07, 6.45) is 0. The van der Waals surface area contributed by atoms with Gasteiger partial charge in [0, 0.05) is 17.5 Å². The molecule has 0 bridgehead atoms. The van der Waals surface area contributed by atoms with Crippen molar-refractivity contribution >= 4 is 11.6 Å². The van der Waals surface area contributed by atoms with Gasteiger partial charge in [-0.2, -0.15) is 0 Å². The molecule has 0 N–H and O–H groups in total.